The van der Waals surface area contributed by atoms with Crippen molar-refractivity contribution in [3.8, 4) is 0 Å². The highest BCUT2D eigenvalue weighted by Gasteiger charge is 2.53. The van der Waals surface area contributed by atoms with E-state index in [9.17, 15) is 0 Å². The molecular formula is C15H26. The molecule has 86 valence electrons. The molecule has 0 heterocycles. The Balaban J connectivity index is 1.51. The van der Waals surface area contributed by atoms with Crippen molar-refractivity contribution < 1.29 is 0 Å². The standard InChI is InChI=1S/C15H26/c1-12-14(15(12,2)3)9-7-5-4-6-8-13-10-11-13/h4-5,12-14H,6-11H2,1-3H3. The summed E-state index contributed by atoms with van der Waals surface area (Å²) >= 11 is 0. The zero-order valence-corrected chi connectivity index (χ0v) is 10.6. The van der Waals surface area contributed by atoms with Gasteiger partial charge in [0.1, 0.15) is 0 Å². The number of allylic oxidation sites excluding steroid dienone is 2. The lowest BCUT2D eigenvalue weighted by atomic mass is 10.1. The lowest BCUT2D eigenvalue weighted by Crippen LogP contribution is -1.89. The van der Waals surface area contributed by atoms with Crippen molar-refractivity contribution >= 4 is 0 Å². The Kier molecular flexibility index (Phi) is 3.23. The van der Waals surface area contributed by atoms with Gasteiger partial charge in [-0.25, -0.2) is 0 Å². The molecule has 2 aliphatic rings. The van der Waals surface area contributed by atoms with E-state index in [2.05, 4.69) is 32.9 Å². The van der Waals surface area contributed by atoms with E-state index in [1.807, 2.05) is 0 Å². The normalized spacial score (nSPS) is 33.5. The van der Waals surface area contributed by atoms with Crippen LogP contribution in [0.25, 0.3) is 0 Å². The van der Waals surface area contributed by atoms with Gasteiger partial charge < -0.3 is 0 Å². The van der Waals surface area contributed by atoms with Gasteiger partial charge in [0.2, 0.25) is 0 Å². The molecule has 0 saturated heterocycles. The van der Waals surface area contributed by atoms with Gasteiger partial charge in [-0.2, -0.15) is 0 Å². The lowest BCUT2D eigenvalue weighted by Gasteiger charge is -1.99. The third-order valence-electron chi connectivity index (χ3n) is 4.87. The van der Waals surface area contributed by atoms with Crippen LogP contribution in [0.4, 0.5) is 0 Å². The molecule has 2 unspecified atom stereocenters. The second-order valence-electron chi connectivity index (χ2n) is 6.29. The smallest absolute Gasteiger partial charge is 0.0295 e. The maximum atomic E-state index is 2.42. The van der Waals surface area contributed by atoms with Crippen molar-refractivity contribution in [1.29, 1.82) is 0 Å². The molecule has 2 saturated carbocycles. The minimum Gasteiger partial charge on any atom is -0.0885 e. The van der Waals surface area contributed by atoms with Crippen LogP contribution >= 0.6 is 0 Å². The van der Waals surface area contributed by atoms with Crippen LogP contribution in [0.15, 0.2) is 12.2 Å². The van der Waals surface area contributed by atoms with E-state index in [0.29, 0.717) is 5.41 Å². The second kappa shape index (κ2) is 4.31. The van der Waals surface area contributed by atoms with E-state index in [1.165, 1.54) is 38.5 Å². The summed E-state index contributed by atoms with van der Waals surface area (Å²) in [5.74, 6) is 3.04. The van der Waals surface area contributed by atoms with E-state index in [0.717, 1.165) is 17.8 Å². The van der Waals surface area contributed by atoms with Gasteiger partial charge in [-0.1, -0.05) is 45.8 Å². The summed E-state index contributed by atoms with van der Waals surface area (Å²) in [5.41, 5.74) is 0.641. The van der Waals surface area contributed by atoms with Crippen LogP contribution in [0.5, 0.6) is 0 Å². The Bertz CT molecular complexity index is 232. The molecule has 15 heavy (non-hydrogen) atoms. The molecule has 0 aromatic heterocycles. The molecule has 2 atom stereocenters. The van der Waals surface area contributed by atoms with Gasteiger partial charge in [0.15, 0.2) is 0 Å². The Morgan fingerprint density at radius 3 is 2.07 bits per heavy atom. The number of hydrogen-bond acceptors (Lipinski definition) is 0. The molecule has 2 fully saturated rings. The highest BCUT2D eigenvalue weighted by Crippen LogP contribution is 2.59. The van der Waals surface area contributed by atoms with Crippen LogP contribution in [-0.4, -0.2) is 0 Å². The van der Waals surface area contributed by atoms with Crippen molar-refractivity contribution in [3.63, 3.8) is 0 Å². The van der Waals surface area contributed by atoms with E-state index in [-0.39, 0.29) is 0 Å². The molecule has 0 aromatic rings. The minimum absolute atomic E-state index is 0.641. The quantitative estimate of drug-likeness (QED) is 0.547. The molecule has 0 radical (unpaired) electrons. The minimum atomic E-state index is 0.641. The molecule has 0 amide bonds. The molecule has 2 aliphatic carbocycles. The molecule has 0 nitrogen and oxygen atoms in total. The first-order valence-corrected chi connectivity index (χ1v) is 6.77. The summed E-state index contributed by atoms with van der Waals surface area (Å²) in [5, 5.41) is 0. The fourth-order valence-electron chi connectivity index (χ4n) is 2.89. The van der Waals surface area contributed by atoms with E-state index in [1.54, 1.807) is 0 Å². The van der Waals surface area contributed by atoms with E-state index >= 15 is 0 Å². The molecule has 0 N–H and O–H groups in total. The third-order valence-corrected chi connectivity index (χ3v) is 4.87. The first kappa shape index (κ1) is 11.2. The third kappa shape index (κ3) is 2.86. The van der Waals surface area contributed by atoms with Gasteiger partial charge in [0.25, 0.3) is 0 Å². The van der Waals surface area contributed by atoms with Crippen LogP contribution in [-0.2, 0) is 0 Å². The van der Waals surface area contributed by atoms with Gasteiger partial charge in [0, 0.05) is 0 Å². The Morgan fingerprint density at radius 1 is 1.07 bits per heavy atom. The molecule has 0 aliphatic heterocycles. The summed E-state index contributed by atoms with van der Waals surface area (Å²) in [4.78, 5) is 0. The average molecular weight is 206 g/mol. The molecule has 0 bridgehead atoms. The fourth-order valence-corrected chi connectivity index (χ4v) is 2.89. The van der Waals surface area contributed by atoms with Gasteiger partial charge >= 0.3 is 0 Å². The monoisotopic (exact) mass is 206 g/mol. The van der Waals surface area contributed by atoms with Crippen molar-refractivity contribution in [2.75, 3.05) is 0 Å². The fraction of sp³-hybridized carbons (Fsp3) is 0.867. The van der Waals surface area contributed by atoms with Crippen LogP contribution in [0.1, 0.15) is 59.3 Å². The van der Waals surface area contributed by atoms with Crippen molar-refractivity contribution in [3.05, 3.63) is 12.2 Å². The summed E-state index contributed by atoms with van der Waals surface area (Å²) in [6, 6.07) is 0. The van der Waals surface area contributed by atoms with E-state index in [4.69, 9.17) is 0 Å². The highest BCUT2D eigenvalue weighted by molar-refractivity contribution is 5.02. The van der Waals surface area contributed by atoms with Crippen LogP contribution < -0.4 is 0 Å². The van der Waals surface area contributed by atoms with Gasteiger partial charge in [-0.3, -0.25) is 0 Å². The molecular weight excluding hydrogens is 180 g/mol. The SMILES string of the molecule is CC1C(CCC=CCCC2CC2)C1(C)C. The predicted molar refractivity (Wildman–Crippen MR) is 66.8 cm³/mol. The average Bonchev–Trinajstić information content (AvgIpc) is 3.06. The van der Waals surface area contributed by atoms with Crippen LogP contribution in [0.3, 0.4) is 0 Å². The first-order chi connectivity index (χ1) is 7.12. The van der Waals surface area contributed by atoms with Crippen molar-refractivity contribution in [1.82, 2.24) is 0 Å². The highest BCUT2D eigenvalue weighted by atomic mass is 14.6. The van der Waals surface area contributed by atoms with Gasteiger partial charge in [-0.05, 0) is 48.9 Å². The van der Waals surface area contributed by atoms with Crippen molar-refractivity contribution in [2.24, 2.45) is 23.2 Å². The zero-order valence-electron chi connectivity index (χ0n) is 10.6. The van der Waals surface area contributed by atoms with Gasteiger partial charge in [0.05, 0.1) is 0 Å². The predicted octanol–water partition coefficient (Wildman–Crippen LogP) is 4.81. The van der Waals surface area contributed by atoms with Crippen LogP contribution in [0, 0.1) is 23.2 Å². The first-order valence-electron chi connectivity index (χ1n) is 6.77. The van der Waals surface area contributed by atoms with E-state index < -0.39 is 0 Å². The number of hydrogen-bond donors (Lipinski definition) is 0. The maximum Gasteiger partial charge on any atom is -0.0295 e. The molecule has 0 spiro atoms. The Morgan fingerprint density at radius 2 is 1.60 bits per heavy atom. The van der Waals surface area contributed by atoms with Crippen LogP contribution in [0.2, 0.25) is 0 Å². The molecule has 0 aromatic carbocycles. The Labute approximate surface area is 95.1 Å². The van der Waals surface area contributed by atoms with Crippen molar-refractivity contribution in [2.45, 2.75) is 59.3 Å². The largest absolute Gasteiger partial charge is 0.0885 e. The summed E-state index contributed by atoms with van der Waals surface area (Å²) in [6.45, 7) is 7.24. The van der Waals surface area contributed by atoms with Gasteiger partial charge in [-0.15, -0.1) is 0 Å². The zero-order chi connectivity index (χ0) is 10.9. The lowest BCUT2D eigenvalue weighted by molar-refractivity contribution is 0.528. The molecule has 2 rings (SSSR count). The summed E-state index contributed by atoms with van der Waals surface area (Å²) in [7, 11) is 0. The number of rotatable bonds is 6. The summed E-state index contributed by atoms with van der Waals surface area (Å²) in [6.07, 6.45) is 13.3. The Hall–Kier alpha value is -0.260. The topological polar surface area (TPSA) is 0 Å². The maximum absolute atomic E-state index is 2.42. The summed E-state index contributed by atoms with van der Waals surface area (Å²) < 4.78 is 0. The second-order valence-corrected chi connectivity index (χ2v) is 6.29. The molecule has 0 heteroatoms.